The number of aliphatic imine (C=N–C) groups is 1. The van der Waals surface area contributed by atoms with Gasteiger partial charge in [-0.2, -0.15) is 13.2 Å². The molecule has 9 heteroatoms. The molecule has 0 radical (unpaired) electrons. The number of guanidine groups is 1. The summed E-state index contributed by atoms with van der Waals surface area (Å²) >= 11 is 0. The molecule has 1 aliphatic rings. The SMILES string of the molecule is CN=C(NCCn1cccc1)NCC1(c2cccc(C(F)(F)F)c2)CCOCC1.I. The number of hydrogen-bond donors (Lipinski definition) is 2. The predicted octanol–water partition coefficient (Wildman–Crippen LogP) is 4.04. The number of rotatable bonds is 6. The molecule has 0 spiro atoms. The van der Waals surface area contributed by atoms with Gasteiger partial charge in [-0.1, -0.05) is 18.2 Å². The van der Waals surface area contributed by atoms with E-state index in [1.54, 1.807) is 13.1 Å². The maximum Gasteiger partial charge on any atom is 0.416 e. The van der Waals surface area contributed by atoms with Gasteiger partial charge in [0.1, 0.15) is 0 Å². The molecule has 1 aliphatic heterocycles. The monoisotopic (exact) mass is 536 g/mol. The topological polar surface area (TPSA) is 50.6 Å². The second kappa shape index (κ2) is 11.0. The van der Waals surface area contributed by atoms with Gasteiger partial charge in [-0.05, 0) is 36.6 Å². The fourth-order valence-electron chi connectivity index (χ4n) is 3.65. The van der Waals surface area contributed by atoms with E-state index in [1.807, 2.05) is 24.5 Å². The first kappa shape index (κ1) is 24.5. The molecule has 2 N–H and O–H groups in total. The first-order chi connectivity index (χ1) is 13.9. The molecule has 0 aliphatic carbocycles. The molecule has 3 rings (SSSR count). The first-order valence-electron chi connectivity index (χ1n) is 9.74. The average molecular weight is 536 g/mol. The number of alkyl halides is 3. The molecule has 0 amide bonds. The Morgan fingerprint density at radius 2 is 1.83 bits per heavy atom. The van der Waals surface area contributed by atoms with Gasteiger partial charge in [-0.15, -0.1) is 24.0 Å². The zero-order chi connectivity index (χ0) is 20.7. The summed E-state index contributed by atoms with van der Waals surface area (Å²) in [5.41, 5.74) is -0.363. The second-order valence-electron chi connectivity index (χ2n) is 7.24. The Morgan fingerprint density at radius 1 is 1.13 bits per heavy atom. The average Bonchev–Trinajstić information content (AvgIpc) is 3.24. The van der Waals surface area contributed by atoms with Crippen molar-refractivity contribution in [2.24, 2.45) is 4.99 Å². The van der Waals surface area contributed by atoms with Gasteiger partial charge in [-0.3, -0.25) is 4.99 Å². The maximum absolute atomic E-state index is 13.2. The van der Waals surface area contributed by atoms with E-state index in [4.69, 9.17) is 4.74 Å². The molecule has 5 nitrogen and oxygen atoms in total. The minimum absolute atomic E-state index is 0. The molecular weight excluding hydrogens is 508 g/mol. The summed E-state index contributed by atoms with van der Waals surface area (Å²) in [6, 6.07) is 9.60. The van der Waals surface area contributed by atoms with E-state index in [9.17, 15) is 13.2 Å². The van der Waals surface area contributed by atoms with Crippen molar-refractivity contribution in [3.05, 3.63) is 59.9 Å². The van der Waals surface area contributed by atoms with E-state index in [-0.39, 0.29) is 24.0 Å². The van der Waals surface area contributed by atoms with Crippen LogP contribution in [0.4, 0.5) is 13.2 Å². The Labute approximate surface area is 192 Å². The second-order valence-corrected chi connectivity index (χ2v) is 7.24. The molecule has 0 bridgehead atoms. The van der Waals surface area contributed by atoms with E-state index in [0.717, 1.165) is 12.6 Å². The molecule has 0 atom stereocenters. The first-order valence-corrected chi connectivity index (χ1v) is 9.74. The lowest BCUT2D eigenvalue weighted by Gasteiger charge is -2.38. The number of nitrogens with zero attached hydrogens (tertiary/aromatic N) is 2. The smallest absolute Gasteiger partial charge is 0.381 e. The van der Waals surface area contributed by atoms with Gasteiger partial charge in [0.2, 0.25) is 0 Å². The van der Waals surface area contributed by atoms with Crippen LogP contribution in [0.2, 0.25) is 0 Å². The highest BCUT2D eigenvalue weighted by Gasteiger charge is 2.37. The number of nitrogens with one attached hydrogen (secondary N) is 2. The van der Waals surface area contributed by atoms with Crippen molar-refractivity contribution >= 4 is 29.9 Å². The third kappa shape index (κ3) is 6.37. The van der Waals surface area contributed by atoms with Crippen molar-refractivity contribution in [3.63, 3.8) is 0 Å². The van der Waals surface area contributed by atoms with Crippen molar-refractivity contribution in [1.82, 2.24) is 15.2 Å². The summed E-state index contributed by atoms with van der Waals surface area (Å²) in [6.07, 6.45) is 0.931. The van der Waals surface area contributed by atoms with E-state index in [2.05, 4.69) is 20.2 Å². The highest BCUT2D eigenvalue weighted by molar-refractivity contribution is 14.0. The van der Waals surface area contributed by atoms with Crippen LogP contribution in [0.15, 0.2) is 53.8 Å². The normalized spacial score (nSPS) is 16.6. The van der Waals surface area contributed by atoms with Crippen LogP contribution in [-0.4, -0.2) is 43.9 Å². The van der Waals surface area contributed by atoms with Gasteiger partial charge in [-0.25, -0.2) is 0 Å². The molecule has 1 fully saturated rings. The van der Waals surface area contributed by atoms with Crippen LogP contribution < -0.4 is 10.6 Å². The zero-order valence-corrected chi connectivity index (χ0v) is 19.2. The molecular formula is C21H28F3IN4O. The Balaban J connectivity index is 0.00000320. The fraction of sp³-hybridized carbons (Fsp3) is 0.476. The molecule has 0 unspecified atom stereocenters. The molecule has 1 aromatic carbocycles. The Kier molecular flexibility index (Phi) is 9.02. The zero-order valence-electron chi connectivity index (χ0n) is 16.9. The lowest BCUT2D eigenvalue weighted by Crippen LogP contribution is -2.48. The van der Waals surface area contributed by atoms with Crippen LogP contribution in [0.25, 0.3) is 0 Å². The third-order valence-electron chi connectivity index (χ3n) is 5.40. The maximum atomic E-state index is 13.2. The van der Waals surface area contributed by atoms with E-state index < -0.39 is 17.2 Å². The molecule has 2 heterocycles. The summed E-state index contributed by atoms with van der Waals surface area (Å²) in [5.74, 6) is 0.634. The standard InChI is InChI=1S/C21H27F3N4O.HI/c1-25-19(26-9-12-28-10-2-3-11-28)27-16-20(7-13-29-14-8-20)17-5-4-6-18(15-17)21(22,23)24;/h2-6,10-11,15H,7-9,12-14,16H2,1H3,(H2,25,26,27);1H. The van der Waals surface area contributed by atoms with Gasteiger partial charge in [0.15, 0.2) is 5.96 Å². The molecule has 1 aromatic heterocycles. The number of halogens is 4. The Morgan fingerprint density at radius 3 is 2.47 bits per heavy atom. The molecule has 0 saturated carbocycles. The van der Waals surface area contributed by atoms with Gasteiger partial charge >= 0.3 is 6.18 Å². The van der Waals surface area contributed by atoms with Crippen molar-refractivity contribution in [2.75, 3.05) is 33.4 Å². The summed E-state index contributed by atoms with van der Waals surface area (Å²) in [5, 5.41) is 6.57. The minimum Gasteiger partial charge on any atom is -0.381 e. The number of aromatic nitrogens is 1. The number of ether oxygens (including phenoxy) is 1. The Hall–Kier alpha value is -1.75. The Bertz CT molecular complexity index is 803. The van der Waals surface area contributed by atoms with Crippen LogP contribution in [0.1, 0.15) is 24.0 Å². The van der Waals surface area contributed by atoms with Crippen molar-refractivity contribution < 1.29 is 17.9 Å². The lowest BCUT2D eigenvalue weighted by molar-refractivity contribution is -0.137. The number of hydrogen-bond acceptors (Lipinski definition) is 2. The van der Waals surface area contributed by atoms with E-state index >= 15 is 0 Å². The highest BCUT2D eigenvalue weighted by Crippen LogP contribution is 2.37. The highest BCUT2D eigenvalue weighted by atomic mass is 127. The quantitative estimate of drug-likeness (QED) is 0.333. The van der Waals surface area contributed by atoms with Gasteiger partial charge in [0.05, 0.1) is 5.56 Å². The van der Waals surface area contributed by atoms with Crippen LogP contribution >= 0.6 is 24.0 Å². The van der Waals surface area contributed by atoms with Crippen LogP contribution in [0.5, 0.6) is 0 Å². The molecule has 30 heavy (non-hydrogen) atoms. The largest absolute Gasteiger partial charge is 0.416 e. The minimum atomic E-state index is -4.36. The molecule has 2 aromatic rings. The fourth-order valence-corrected chi connectivity index (χ4v) is 3.65. The van der Waals surface area contributed by atoms with E-state index in [0.29, 0.717) is 50.7 Å². The van der Waals surface area contributed by atoms with Gasteiger partial charge in [0.25, 0.3) is 0 Å². The van der Waals surface area contributed by atoms with Gasteiger partial charge < -0.3 is 19.9 Å². The van der Waals surface area contributed by atoms with Crippen LogP contribution in [-0.2, 0) is 22.9 Å². The van der Waals surface area contributed by atoms with Crippen molar-refractivity contribution in [2.45, 2.75) is 31.0 Å². The summed E-state index contributed by atoms with van der Waals surface area (Å²) in [4.78, 5) is 4.25. The van der Waals surface area contributed by atoms with Crippen LogP contribution in [0.3, 0.4) is 0 Å². The summed E-state index contributed by atoms with van der Waals surface area (Å²) in [7, 11) is 1.69. The summed E-state index contributed by atoms with van der Waals surface area (Å²) in [6.45, 7) is 3.02. The predicted molar refractivity (Wildman–Crippen MR) is 122 cm³/mol. The van der Waals surface area contributed by atoms with Crippen molar-refractivity contribution in [3.8, 4) is 0 Å². The lowest BCUT2D eigenvalue weighted by atomic mass is 9.73. The molecule has 166 valence electrons. The third-order valence-corrected chi connectivity index (χ3v) is 5.40. The molecule has 1 saturated heterocycles. The van der Waals surface area contributed by atoms with Gasteiger partial charge in [0, 0.05) is 57.7 Å². The van der Waals surface area contributed by atoms with E-state index in [1.165, 1.54) is 12.1 Å². The summed E-state index contributed by atoms with van der Waals surface area (Å²) < 4.78 is 47.2. The van der Waals surface area contributed by atoms with Crippen molar-refractivity contribution in [1.29, 1.82) is 0 Å². The van der Waals surface area contributed by atoms with Crippen LogP contribution in [0, 0.1) is 0 Å². The number of benzene rings is 1.